The topological polar surface area (TPSA) is 73.2 Å². The van der Waals surface area contributed by atoms with E-state index in [9.17, 15) is 9.46 Å². The van der Waals surface area contributed by atoms with Gasteiger partial charge in [0.25, 0.3) is 0 Å². The Bertz CT molecular complexity index is 166. The smallest absolute Gasteiger partial charge is 0.778 e. The molecule has 52 valence electrons. The fourth-order valence-corrected chi connectivity index (χ4v) is 0.835. The van der Waals surface area contributed by atoms with Gasteiger partial charge in [-0.2, -0.15) is 5.26 Å². The van der Waals surface area contributed by atoms with Crippen LogP contribution in [-0.2, 0) is 9.09 Å². The van der Waals surface area contributed by atoms with Gasteiger partial charge in [0.2, 0.25) is 0 Å². The molecule has 10 heavy (non-hydrogen) atoms. The number of nitrogens with zero attached hydrogens (tertiary/aromatic N) is 1. The van der Waals surface area contributed by atoms with E-state index in [4.69, 9.17) is 5.26 Å². The second kappa shape index (κ2) is 6.36. The van der Waals surface area contributed by atoms with Gasteiger partial charge in [-0.25, -0.2) is 0 Å². The van der Waals surface area contributed by atoms with Gasteiger partial charge < -0.3 is 14.0 Å². The maximum atomic E-state index is 10.4. The standard InChI is InChI=1S/C4H8NO3P.Na/c1-8-9(6,7)4-2-3-5;/h2,4H2,1H3,(H,6,7);/q;+1/p-1. The zero-order valence-electron chi connectivity index (χ0n) is 6.03. The van der Waals surface area contributed by atoms with E-state index in [0.29, 0.717) is 0 Å². The Hall–Kier alpha value is 0.640. The number of nitriles is 1. The van der Waals surface area contributed by atoms with Crippen LogP contribution in [0.2, 0.25) is 0 Å². The molecule has 0 saturated heterocycles. The normalized spacial score (nSPS) is 14.5. The van der Waals surface area contributed by atoms with E-state index in [2.05, 4.69) is 4.52 Å². The van der Waals surface area contributed by atoms with Crippen LogP contribution in [0, 0.1) is 11.3 Å². The van der Waals surface area contributed by atoms with Crippen molar-refractivity contribution in [1.29, 1.82) is 5.26 Å². The van der Waals surface area contributed by atoms with Crippen LogP contribution >= 0.6 is 7.60 Å². The van der Waals surface area contributed by atoms with Gasteiger partial charge in [0.05, 0.1) is 6.07 Å². The summed E-state index contributed by atoms with van der Waals surface area (Å²) in [5.41, 5.74) is 0. The number of rotatable bonds is 3. The molecule has 0 aliphatic heterocycles. The van der Waals surface area contributed by atoms with E-state index < -0.39 is 7.60 Å². The first-order valence-corrected chi connectivity index (χ1v) is 4.08. The quantitative estimate of drug-likeness (QED) is 0.337. The SMILES string of the molecule is COP(=O)([O-])CCC#N.[Na+]. The fraction of sp³-hybridized carbons (Fsp3) is 0.750. The molecule has 1 unspecified atom stereocenters. The van der Waals surface area contributed by atoms with Crippen molar-refractivity contribution in [3.63, 3.8) is 0 Å². The van der Waals surface area contributed by atoms with Gasteiger partial charge in [0.1, 0.15) is 7.60 Å². The summed E-state index contributed by atoms with van der Waals surface area (Å²) in [6.07, 6.45) is -0.200. The van der Waals surface area contributed by atoms with Crippen LogP contribution < -0.4 is 34.5 Å². The molecule has 4 nitrogen and oxygen atoms in total. The summed E-state index contributed by atoms with van der Waals surface area (Å²) in [6.45, 7) is 0. The van der Waals surface area contributed by atoms with Crippen LogP contribution in [0.5, 0.6) is 0 Å². The molecule has 0 rings (SSSR count). The molecule has 0 radical (unpaired) electrons. The Balaban J connectivity index is 0. The molecule has 0 aromatic rings. The molecule has 0 saturated carbocycles. The zero-order valence-corrected chi connectivity index (χ0v) is 8.93. The van der Waals surface area contributed by atoms with Gasteiger partial charge in [0, 0.05) is 19.7 Å². The zero-order chi connectivity index (χ0) is 7.33. The van der Waals surface area contributed by atoms with Crippen molar-refractivity contribution >= 4 is 7.60 Å². The summed E-state index contributed by atoms with van der Waals surface area (Å²) in [4.78, 5) is 10.4. The van der Waals surface area contributed by atoms with Crippen LogP contribution in [0.25, 0.3) is 0 Å². The first kappa shape index (κ1) is 13.2. The van der Waals surface area contributed by atoms with Crippen molar-refractivity contribution in [3.05, 3.63) is 0 Å². The van der Waals surface area contributed by atoms with E-state index in [1.165, 1.54) is 0 Å². The van der Waals surface area contributed by atoms with Crippen LogP contribution in [0.4, 0.5) is 0 Å². The fourth-order valence-electron chi connectivity index (χ4n) is 0.278. The first-order valence-electron chi connectivity index (χ1n) is 2.35. The van der Waals surface area contributed by atoms with Gasteiger partial charge in [-0.3, -0.25) is 0 Å². The monoisotopic (exact) mass is 171 g/mol. The third-order valence-corrected chi connectivity index (χ3v) is 2.10. The molecule has 0 aromatic heterocycles. The van der Waals surface area contributed by atoms with E-state index in [1.807, 2.05) is 0 Å². The van der Waals surface area contributed by atoms with E-state index in [0.717, 1.165) is 7.11 Å². The summed E-state index contributed by atoms with van der Waals surface area (Å²) in [5, 5.41) is 7.96. The van der Waals surface area contributed by atoms with Gasteiger partial charge in [-0.05, 0) is 0 Å². The van der Waals surface area contributed by atoms with E-state index in [-0.39, 0.29) is 42.1 Å². The van der Waals surface area contributed by atoms with Crippen molar-refractivity contribution in [3.8, 4) is 6.07 Å². The van der Waals surface area contributed by atoms with E-state index in [1.54, 1.807) is 6.07 Å². The molecule has 0 fully saturated rings. The molecule has 0 aliphatic carbocycles. The van der Waals surface area contributed by atoms with Crippen molar-refractivity contribution in [2.45, 2.75) is 6.42 Å². The first-order chi connectivity index (χ1) is 4.12. The third kappa shape index (κ3) is 6.76. The maximum Gasteiger partial charge on any atom is 1.00 e. The Morgan fingerprint density at radius 2 is 2.30 bits per heavy atom. The largest absolute Gasteiger partial charge is 1.00 e. The van der Waals surface area contributed by atoms with Crippen LogP contribution in [0.3, 0.4) is 0 Å². The number of hydrogen-bond acceptors (Lipinski definition) is 4. The minimum atomic E-state index is -3.66. The Kier molecular flexibility index (Phi) is 8.42. The molecule has 6 heteroatoms. The third-order valence-electron chi connectivity index (χ3n) is 0.776. The average Bonchev–Trinajstić information content (AvgIpc) is 1.84. The van der Waals surface area contributed by atoms with Crippen molar-refractivity contribution in [1.82, 2.24) is 0 Å². The second-order valence-electron chi connectivity index (χ2n) is 1.43. The van der Waals surface area contributed by atoms with Gasteiger partial charge in [-0.1, -0.05) is 0 Å². The molecule has 0 aromatic carbocycles. The predicted molar refractivity (Wildman–Crippen MR) is 29.7 cm³/mol. The molecule has 1 atom stereocenters. The minimum Gasteiger partial charge on any atom is -0.778 e. The summed E-state index contributed by atoms with van der Waals surface area (Å²) in [6, 6.07) is 1.71. The number of hydrogen-bond donors (Lipinski definition) is 0. The Morgan fingerprint density at radius 3 is 2.60 bits per heavy atom. The molecule has 0 bridgehead atoms. The molecule has 0 spiro atoms. The van der Waals surface area contributed by atoms with Crippen LogP contribution in [-0.4, -0.2) is 13.3 Å². The summed E-state index contributed by atoms with van der Waals surface area (Å²) < 4.78 is 14.5. The van der Waals surface area contributed by atoms with Crippen molar-refractivity contribution in [2.75, 3.05) is 13.3 Å². The maximum absolute atomic E-state index is 10.4. The molecule has 0 N–H and O–H groups in total. The van der Waals surface area contributed by atoms with Gasteiger partial charge in [-0.15, -0.1) is 0 Å². The summed E-state index contributed by atoms with van der Waals surface area (Å²) in [5.74, 6) is 0. The van der Waals surface area contributed by atoms with Crippen LogP contribution in [0.15, 0.2) is 0 Å². The van der Waals surface area contributed by atoms with Gasteiger partial charge >= 0.3 is 29.6 Å². The van der Waals surface area contributed by atoms with E-state index >= 15 is 0 Å². The molecule has 0 aliphatic rings. The molecular formula is C4H7NNaO3P. The summed E-state index contributed by atoms with van der Waals surface area (Å²) >= 11 is 0. The van der Waals surface area contributed by atoms with Crippen molar-refractivity contribution < 1.29 is 43.5 Å². The minimum absolute atomic E-state index is 0. The van der Waals surface area contributed by atoms with Crippen molar-refractivity contribution in [2.24, 2.45) is 0 Å². The second-order valence-corrected chi connectivity index (χ2v) is 3.46. The van der Waals surface area contributed by atoms with Crippen LogP contribution in [0.1, 0.15) is 6.42 Å². The summed E-state index contributed by atoms with van der Waals surface area (Å²) in [7, 11) is -2.57. The molecule has 0 amide bonds. The van der Waals surface area contributed by atoms with Gasteiger partial charge in [0.15, 0.2) is 0 Å². The average molecular weight is 171 g/mol. The predicted octanol–water partition coefficient (Wildman–Crippen LogP) is -2.90. The molecule has 0 heterocycles. The Morgan fingerprint density at radius 1 is 1.80 bits per heavy atom. The molecular weight excluding hydrogens is 164 g/mol. The Labute approximate surface area is 82.0 Å².